The topological polar surface area (TPSA) is 72.7 Å². The van der Waals surface area contributed by atoms with Crippen LogP contribution >= 0.6 is 15.9 Å². The number of hydrogen-bond acceptors (Lipinski definition) is 4. The van der Waals surface area contributed by atoms with Gasteiger partial charge in [-0.05, 0) is 83.2 Å². The summed E-state index contributed by atoms with van der Waals surface area (Å²) in [6.07, 6.45) is 3.39. The van der Waals surface area contributed by atoms with E-state index in [0.29, 0.717) is 5.56 Å². The molecule has 1 N–H and O–H groups in total. The molecule has 172 valence electrons. The van der Waals surface area contributed by atoms with E-state index in [1.54, 1.807) is 6.20 Å². The Hall–Kier alpha value is -3.84. The molecule has 0 saturated carbocycles. The molecule has 0 fully saturated rings. The van der Waals surface area contributed by atoms with Crippen LogP contribution in [0.1, 0.15) is 39.6 Å². The van der Waals surface area contributed by atoms with Gasteiger partial charge in [0.15, 0.2) is 5.65 Å². The summed E-state index contributed by atoms with van der Waals surface area (Å²) in [7, 11) is 0. The summed E-state index contributed by atoms with van der Waals surface area (Å²) in [5.41, 5.74) is 7.52. The number of nitrogens with zero attached hydrogens (tertiary/aromatic N) is 4. The third-order valence-corrected chi connectivity index (χ3v) is 6.89. The van der Waals surface area contributed by atoms with Gasteiger partial charge in [-0.3, -0.25) is 14.3 Å². The van der Waals surface area contributed by atoms with Crippen LogP contribution in [0.25, 0.3) is 28.2 Å². The van der Waals surface area contributed by atoms with Gasteiger partial charge >= 0.3 is 0 Å². The van der Waals surface area contributed by atoms with Gasteiger partial charge in [-0.15, -0.1) is 0 Å². The maximum absolute atomic E-state index is 12.8. The zero-order valence-electron chi connectivity index (χ0n) is 19.1. The van der Waals surface area contributed by atoms with E-state index >= 15 is 0 Å². The minimum Gasteiger partial charge on any atom is -0.345 e. The molecular weight excluding hydrogens is 502 g/mol. The van der Waals surface area contributed by atoms with Crippen molar-refractivity contribution < 1.29 is 4.79 Å². The van der Waals surface area contributed by atoms with Crippen LogP contribution in [0.2, 0.25) is 0 Å². The molecular formula is C28H22BrN5O. The summed E-state index contributed by atoms with van der Waals surface area (Å²) in [5, 5.41) is 3.18. The van der Waals surface area contributed by atoms with Crippen LogP contribution in [0, 0.1) is 6.92 Å². The average Bonchev–Trinajstić information content (AvgIpc) is 3.45. The molecule has 35 heavy (non-hydrogen) atoms. The number of aryl methyl sites for hydroxylation is 2. The van der Waals surface area contributed by atoms with Crippen molar-refractivity contribution in [3.63, 3.8) is 0 Å². The number of imidazole rings is 1. The first-order valence-corrected chi connectivity index (χ1v) is 12.3. The monoisotopic (exact) mass is 523 g/mol. The average molecular weight is 524 g/mol. The van der Waals surface area contributed by atoms with Crippen molar-refractivity contribution in [1.29, 1.82) is 0 Å². The Morgan fingerprint density at radius 2 is 1.89 bits per heavy atom. The molecule has 5 aromatic rings. The zero-order valence-corrected chi connectivity index (χ0v) is 20.7. The first kappa shape index (κ1) is 21.7. The second kappa shape index (κ2) is 8.74. The number of carbonyl (C=O) groups is 1. The van der Waals surface area contributed by atoms with E-state index in [1.165, 1.54) is 5.56 Å². The van der Waals surface area contributed by atoms with Gasteiger partial charge in [0.1, 0.15) is 15.9 Å². The molecule has 6 rings (SSSR count). The quantitative estimate of drug-likeness (QED) is 0.294. The summed E-state index contributed by atoms with van der Waals surface area (Å²) in [6, 6.07) is 24.1. The Morgan fingerprint density at radius 3 is 2.69 bits per heavy atom. The molecule has 1 atom stereocenters. The lowest BCUT2D eigenvalue weighted by Crippen LogP contribution is -2.27. The molecule has 0 spiro atoms. The minimum absolute atomic E-state index is 0.0201. The van der Waals surface area contributed by atoms with E-state index in [-0.39, 0.29) is 11.9 Å². The number of benzene rings is 2. The third-order valence-electron chi connectivity index (χ3n) is 6.44. The highest BCUT2D eigenvalue weighted by Gasteiger charge is 2.26. The molecule has 6 nitrogen and oxygen atoms in total. The molecule has 0 saturated heterocycles. The van der Waals surface area contributed by atoms with E-state index in [2.05, 4.69) is 61.1 Å². The Balaban J connectivity index is 1.38. The molecule has 3 heterocycles. The molecule has 1 aliphatic rings. The van der Waals surface area contributed by atoms with E-state index in [4.69, 9.17) is 9.97 Å². The van der Waals surface area contributed by atoms with Gasteiger partial charge in [0.05, 0.1) is 11.6 Å². The Bertz CT molecular complexity index is 1560. The normalized spacial score (nSPS) is 14.7. The number of aromatic nitrogens is 4. The SMILES string of the molecule is Cc1ccc(C(=O)NC2CCc3cc(-n4c(-c5ccccc5)nc5ccc(Br)nc54)ccc32)cn1. The van der Waals surface area contributed by atoms with Gasteiger partial charge in [0, 0.05) is 23.1 Å². The summed E-state index contributed by atoms with van der Waals surface area (Å²) >= 11 is 3.51. The van der Waals surface area contributed by atoms with Crippen LogP contribution < -0.4 is 5.32 Å². The van der Waals surface area contributed by atoms with Crippen LogP contribution in [-0.2, 0) is 6.42 Å². The molecule has 0 radical (unpaired) electrons. The Labute approximate surface area is 211 Å². The summed E-state index contributed by atoms with van der Waals surface area (Å²) < 4.78 is 2.87. The van der Waals surface area contributed by atoms with Gasteiger partial charge in [-0.1, -0.05) is 36.4 Å². The highest BCUT2D eigenvalue weighted by molar-refractivity contribution is 9.10. The second-order valence-corrected chi connectivity index (χ2v) is 9.56. The Morgan fingerprint density at radius 1 is 1.03 bits per heavy atom. The fourth-order valence-electron chi connectivity index (χ4n) is 4.70. The molecule has 1 unspecified atom stereocenters. The highest BCUT2D eigenvalue weighted by atomic mass is 79.9. The van der Waals surface area contributed by atoms with Gasteiger partial charge in [0.2, 0.25) is 0 Å². The number of pyridine rings is 2. The first-order chi connectivity index (χ1) is 17.1. The smallest absolute Gasteiger partial charge is 0.253 e. The molecule has 7 heteroatoms. The van der Waals surface area contributed by atoms with Crippen molar-refractivity contribution in [1.82, 2.24) is 24.8 Å². The lowest BCUT2D eigenvalue weighted by atomic mass is 10.1. The van der Waals surface area contributed by atoms with Crippen molar-refractivity contribution in [3.05, 3.63) is 106 Å². The van der Waals surface area contributed by atoms with Crippen molar-refractivity contribution in [2.45, 2.75) is 25.8 Å². The van der Waals surface area contributed by atoms with Crippen molar-refractivity contribution in [3.8, 4) is 17.1 Å². The summed E-state index contributed by atoms with van der Waals surface area (Å²) in [6.45, 7) is 1.91. The maximum atomic E-state index is 12.8. The number of amides is 1. The largest absolute Gasteiger partial charge is 0.345 e. The molecule has 1 aliphatic carbocycles. The van der Waals surface area contributed by atoms with E-state index in [1.807, 2.05) is 49.4 Å². The zero-order chi connectivity index (χ0) is 23.9. The number of rotatable bonds is 4. The van der Waals surface area contributed by atoms with Crippen LogP contribution in [-0.4, -0.2) is 25.4 Å². The number of hydrogen-bond donors (Lipinski definition) is 1. The fraction of sp³-hybridized carbons (Fsp3) is 0.143. The molecule has 2 aromatic carbocycles. The number of halogens is 1. The summed E-state index contributed by atoms with van der Waals surface area (Å²) in [4.78, 5) is 26.7. The van der Waals surface area contributed by atoms with Crippen molar-refractivity contribution in [2.24, 2.45) is 0 Å². The van der Waals surface area contributed by atoms with E-state index < -0.39 is 0 Å². The fourth-order valence-corrected chi connectivity index (χ4v) is 5.00. The number of carbonyl (C=O) groups excluding carboxylic acids is 1. The predicted octanol–water partition coefficient (Wildman–Crippen LogP) is 5.97. The highest BCUT2D eigenvalue weighted by Crippen LogP contribution is 2.35. The molecule has 3 aromatic heterocycles. The Kier molecular flexibility index (Phi) is 5.41. The standard InChI is InChI=1S/C28H22BrN5O/c1-17-7-8-20(16-30-17)28(35)32-23-12-9-19-15-21(10-11-22(19)23)34-26(18-5-3-2-4-6-18)31-24-13-14-25(29)33-27(24)34/h2-8,10-11,13-16,23H,9,12H2,1H3,(H,32,35). The number of nitrogens with one attached hydrogen (secondary N) is 1. The number of fused-ring (bicyclic) bond motifs is 2. The molecule has 0 aliphatic heterocycles. The maximum Gasteiger partial charge on any atom is 0.253 e. The predicted molar refractivity (Wildman–Crippen MR) is 140 cm³/mol. The van der Waals surface area contributed by atoms with Gasteiger partial charge in [0.25, 0.3) is 5.91 Å². The van der Waals surface area contributed by atoms with Crippen LogP contribution in [0.3, 0.4) is 0 Å². The van der Waals surface area contributed by atoms with E-state index in [9.17, 15) is 4.79 Å². The first-order valence-electron chi connectivity index (χ1n) is 11.5. The lowest BCUT2D eigenvalue weighted by molar-refractivity contribution is 0.0936. The van der Waals surface area contributed by atoms with Crippen LogP contribution in [0.15, 0.2) is 83.6 Å². The lowest BCUT2D eigenvalue weighted by Gasteiger charge is -2.15. The van der Waals surface area contributed by atoms with Gasteiger partial charge in [-0.25, -0.2) is 9.97 Å². The molecule has 1 amide bonds. The van der Waals surface area contributed by atoms with Crippen molar-refractivity contribution >= 4 is 33.0 Å². The second-order valence-electron chi connectivity index (χ2n) is 8.75. The van der Waals surface area contributed by atoms with Gasteiger partial charge < -0.3 is 5.32 Å². The third kappa shape index (κ3) is 4.02. The van der Waals surface area contributed by atoms with Gasteiger partial charge in [-0.2, -0.15) is 0 Å². The van der Waals surface area contributed by atoms with E-state index in [0.717, 1.165) is 56.9 Å². The van der Waals surface area contributed by atoms with Crippen molar-refractivity contribution in [2.75, 3.05) is 0 Å². The molecule has 0 bridgehead atoms. The minimum atomic E-state index is -0.0968. The summed E-state index contributed by atoms with van der Waals surface area (Å²) in [5.74, 6) is 0.751. The van der Waals surface area contributed by atoms with Crippen LogP contribution in [0.4, 0.5) is 0 Å². The van der Waals surface area contributed by atoms with Crippen LogP contribution in [0.5, 0.6) is 0 Å².